The summed E-state index contributed by atoms with van der Waals surface area (Å²) >= 11 is 1.65. The van der Waals surface area contributed by atoms with Gasteiger partial charge in [0.15, 0.2) is 0 Å². The summed E-state index contributed by atoms with van der Waals surface area (Å²) in [6, 6.07) is 10.7. The molecular weight excluding hydrogens is 358 g/mol. The first-order chi connectivity index (χ1) is 13.2. The average molecular weight is 384 g/mol. The lowest BCUT2D eigenvalue weighted by Gasteiger charge is -2.44. The topological polar surface area (TPSA) is 56.6 Å². The van der Waals surface area contributed by atoms with E-state index >= 15 is 0 Å². The molecule has 0 bridgehead atoms. The van der Waals surface area contributed by atoms with Crippen LogP contribution in [0.1, 0.15) is 50.0 Å². The summed E-state index contributed by atoms with van der Waals surface area (Å²) in [6.07, 6.45) is 6.70. The zero-order chi connectivity index (χ0) is 18.8. The minimum absolute atomic E-state index is 0.123. The number of nitriles is 1. The maximum Gasteiger partial charge on any atom is 0.229 e. The van der Waals surface area contributed by atoms with Gasteiger partial charge < -0.3 is 4.74 Å². The first-order valence-corrected chi connectivity index (χ1v) is 10.6. The lowest BCUT2D eigenvalue weighted by molar-refractivity contribution is -0.132. The van der Waals surface area contributed by atoms with Gasteiger partial charge in [0.05, 0.1) is 36.3 Å². The fourth-order valence-electron chi connectivity index (χ4n) is 4.37. The molecular formula is C21H25N3O2S. The number of fused-ring (bicyclic) bond motifs is 1. The number of allylic oxidation sites excluding steroid dienone is 1. The van der Waals surface area contributed by atoms with Gasteiger partial charge in [-0.05, 0) is 30.5 Å². The smallest absolute Gasteiger partial charge is 0.229 e. The number of carbonyl (C=O) groups excluding carboxylic acids is 1. The van der Waals surface area contributed by atoms with Crippen molar-refractivity contribution in [1.29, 1.82) is 5.26 Å². The predicted molar refractivity (Wildman–Crippen MR) is 106 cm³/mol. The predicted octanol–water partition coefficient (Wildman–Crippen LogP) is 4.04. The number of rotatable bonds is 3. The first kappa shape index (κ1) is 18.4. The Kier molecular flexibility index (Phi) is 5.42. The molecule has 4 rings (SSSR count). The molecule has 1 saturated heterocycles. The van der Waals surface area contributed by atoms with Gasteiger partial charge in [-0.3, -0.25) is 14.6 Å². The molecule has 1 atom stereocenters. The first-order valence-electron chi connectivity index (χ1n) is 9.66. The molecule has 2 aliphatic heterocycles. The van der Waals surface area contributed by atoms with E-state index in [-0.39, 0.29) is 11.8 Å². The van der Waals surface area contributed by atoms with Crippen molar-refractivity contribution in [2.75, 3.05) is 19.7 Å². The lowest BCUT2D eigenvalue weighted by atomic mass is 9.86. The summed E-state index contributed by atoms with van der Waals surface area (Å²) in [5.41, 5.74) is 1.73. The third kappa shape index (κ3) is 3.59. The summed E-state index contributed by atoms with van der Waals surface area (Å²) in [4.78, 5) is 17.2. The van der Waals surface area contributed by atoms with Crippen LogP contribution in [-0.2, 0) is 4.79 Å². The van der Waals surface area contributed by atoms with Gasteiger partial charge in [-0.1, -0.05) is 43.2 Å². The Labute approximate surface area is 165 Å². The molecule has 1 amide bonds. The molecule has 0 N–H and O–H groups in total. The van der Waals surface area contributed by atoms with Gasteiger partial charge in [0.2, 0.25) is 5.91 Å². The van der Waals surface area contributed by atoms with Crippen molar-refractivity contribution in [2.45, 2.75) is 50.5 Å². The van der Waals surface area contributed by atoms with Crippen molar-refractivity contribution in [3.8, 4) is 11.8 Å². The van der Waals surface area contributed by atoms with Gasteiger partial charge in [-0.2, -0.15) is 5.26 Å². The number of carbonyl (C=O) groups is 1. The van der Waals surface area contributed by atoms with Crippen LogP contribution in [-0.4, -0.2) is 41.4 Å². The summed E-state index contributed by atoms with van der Waals surface area (Å²) in [6.45, 7) is 0.631. The van der Waals surface area contributed by atoms with Gasteiger partial charge in [0, 0.05) is 18.4 Å². The second-order valence-corrected chi connectivity index (χ2v) is 8.41. The molecule has 6 heteroatoms. The van der Waals surface area contributed by atoms with Crippen LogP contribution in [0.4, 0.5) is 0 Å². The van der Waals surface area contributed by atoms with Gasteiger partial charge in [-0.15, -0.1) is 0 Å². The number of nitrogens with zero attached hydrogens (tertiary/aromatic N) is 3. The average Bonchev–Trinajstić information content (AvgIpc) is 2.74. The number of hydrogen-bond donors (Lipinski definition) is 0. The molecule has 1 aromatic rings. The number of benzene rings is 1. The van der Waals surface area contributed by atoms with Crippen LogP contribution < -0.4 is 4.74 Å². The standard InChI is InChI=1S/C21H25N3O2S/c1-26-17-9-7-15(8-10-17)18-11-20(25)24-13-23(16-5-3-2-4-6-16)14-27-21(24)19(18)12-22/h7-10,16,18H,2-6,11,13-14H2,1H3/t18-/m0/s1. The van der Waals surface area contributed by atoms with Crippen LogP contribution in [0.2, 0.25) is 0 Å². The SMILES string of the molecule is COc1ccc([C@@H]2CC(=O)N3CN(C4CCCCC4)CSC3=C2C#N)cc1. The number of thioether (sulfide) groups is 1. The Morgan fingerprint density at radius 1 is 1.19 bits per heavy atom. The Morgan fingerprint density at radius 3 is 2.59 bits per heavy atom. The number of amides is 1. The van der Waals surface area contributed by atoms with Gasteiger partial charge in [0.1, 0.15) is 5.75 Å². The molecule has 0 aromatic heterocycles. The van der Waals surface area contributed by atoms with Gasteiger partial charge in [-0.25, -0.2) is 0 Å². The molecule has 0 radical (unpaired) electrons. The highest BCUT2D eigenvalue weighted by atomic mass is 32.2. The number of methoxy groups -OCH3 is 1. The van der Waals surface area contributed by atoms with E-state index in [1.54, 1.807) is 18.9 Å². The lowest BCUT2D eigenvalue weighted by Crippen LogP contribution is -2.51. The Balaban J connectivity index is 1.59. The Bertz CT molecular complexity index is 778. The molecule has 142 valence electrons. The van der Waals surface area contributed by atoms with Crippen LogP contribution in [0.3, 0.4) is 0 Å². The van der Waals surface area contributed by atoms with Crippen LogP contribution in [0, 0.1) is 11.3 Å². The van der Waals surface area contributed by atoms with E-state index in [0.717, 1.165) is 27.8 Å². The summed E-state index contributed by atoms with van der Waals surface area (Å²) in [5, 5.41) is 10.7. The van der Waals surface area contributed by atoms with Crippen molar-refractivity contribution in [3.63, 3.8) is 0 Å². The van der Waals surface area contributed by atoms with E-state index in [0.29, 0.717) is 19.1 Å². The van der Waals surface area contributed by atoms with E-state index in [4.69, 9.17) is 4.74 Å². The van der Waals surface area contributed by atoms with Crippen molar-refractivity contribution in [3.05, 3.63) is 40.4 Å². The summed E-state index contributed by atoms with van der Waals surface area (Å²) < 4.78 is 5.22. The number of ether oxygens (including phenoxy) is 1. The minimum Gasteiger partial charge on any atom is -0.497 e. The molecule has 0 unspecified atom stereocenters. The minimum atomic E-state index is -0.159. The molecule has 3 aliphatic rings. The zero-order valence-electron chi connectivity index (χ0n) is 15.7. The number of hydrogen-bond acceptors (Lipinski definition) is 5. The fourth-order valence-corrected chi connectivity index (χ4v) is 5.61. The Hall–Kier alpha value is -1.97. The molecule has 2 fully saturated rings. The molecule has 2 heterocycles. The van der Waals surface area contributed by atoms with Crippen molar-refractivity contribution < 1.29 is 9.53 Å². The monoisotopic (exact) mass is 383 g/mol. The molecule has 1 saturated carbocycles. The maximum atomic E-state index is 12.9. The van der Waals surface area contributed by atoms with Crippen LogP contribution in [0.5, 0.6) is 5.75 Å². The van der Waals surface area contributed by atoms with Crippen molar-refractivity contribution >= 4 is 17.7 Å². The zero-order valence-corrected chi connectivity index (χ0v) is 16.5. The van der Waals surface area contributed by atoms with E-state index in [1.165, 1.54) is 32.1 Å². The molecule has 1 aromatic carbocycles. The van der Waals surface area contributed by atoms with Crippen molar-refractivity contribution in [1.82, 2.24) is 9.80 Å². The normalized spacial score (nSPS) is 24.5. The maximum absolute atomic E-state index is 12.9. The van der Waals surface area contributed by atoms with Crippen LogP contribution >= 0.6 is 11.8 Å². The van der Waals surface area contributed by atoms with E-state index in [1.807, 2.05) is 29.2 Å². The summed E-state index contributed by atoms with van der Waals surface area (Å²) in [5.74, 6) is 1.61. The molecule has 1 aliphatic carbocycles. The Morgan fingerprint density at radius 2 is 1.93 bits per heavy atom. The second-order valence-electron chi connectivity index (χ2n) is 7.48. The summed E-state index contributed by atoms with van der Waals surface area (Å²) in [7, 11) is 1.64. The van der Waals surface area contributed by atoms with Gasteiger partial charge in [0.25, 0.3) is 0 Å². The third-order valence-corrected chi connectivity index (χ3v) is 7.10. The van der Waals surface area contributed by atoms with Gasteiger partial charge >= 0.3 is 0 Å². The highest BCUT2D eigenvalue weighted by Crippen LogP contribution is 2.43. The second kappa shape index (κ2) is 7.95. The molecule has 27 heavy (non-hydrogen) atoms. The third-order valence-electron chi connectivity index (χ3n) is 5.92. The molecule has 5 nitrogen and oxygen atoms in total. The quantitative estimate of drug-likeness (QED) is 0.788. The van der Waals surface area contributed by atoms with Crippen molar-refractivity contribution in [2.24, 2.45) is 0 Å². The fraction of sp³-hybridized carbons (Fsp3) is 0.524. The van der Waals surface area contributed by atoms with Crippen LogP contribution in [0.25, 0.3) is 0 Å². The van der Waals surface area contributed by atoms with E-state index in [9.17, 15) is 10.1 Å². The highest BCUT2D eigenvalue weighted by Gasteiger charge is 2.39. The van der Waals surface area contributed by atoms with E-state index < -0.39 is 0 Å². The molecule has 0 spiro atoms. The van der Waals surface area contributed by atoms with E-state index in [2.05, 4.69) is 11.0 Å². The largest absolute Gasteiger partial charge is 0.497 e. The highest BCUT2D eigenvalue weighted by molar-refractivity contribution is 8.03. The van der Waals surface area contributed by atoms with Crippen LogP contribution in [0.15, 0.2) is 34.9 Å².